The van der Waals surface area contributed by atoms with Gasteiger partial charge in [-0.1, -0.05) is 6.08 Å². The van der Waals surface area contributed by atoms with Gasteiger partial charge in [0.2, 0.25) is 0 Å². The molecule has 0 amide bonds. The van der Waals surface area contributed by atoms with Crippen LogP contribution in [0.3, 0.4) is 0 Å². The minimum Gasteiger partial charge on any atom is -0.455 e. The topological polar surface area (TPSA) is 38.1 Å². The van der Waals surface area contributed by atoms with Gasteiger partial charge in [-0.25, -0.2) is 0 Å². The number of hydrogen-bond acceptors (Lipinski definition) is 3. The summed E-state index contributed by atoms with van der Waals surface area (Å²) in [5.74, 6) is 1.84. The van der Waals surface area contributed by atoms with Gasteiger partial charge < -0.3 is 9.73 Å². The Bertz CT molecular complexity index is 566. The van der Waals surface area contributed by atoms with Crippen molar-refractivity contribution in [3.63, 3.8) is 0 Å². The lowest BCUT2D eigenvalue weighted by atomic mass is 9.79. The molecule has 1 saturated heterocycles. The van der Waals surface area contributed by atoms with Crippen molar-refractivity contribution in [2.45, 2.75) is 18.9 Å². The first kappa shape index (κ1) is 9.42. The smallest absolute Gasteiger partial charge is 0.153 e. The average molecular weight is 226 g/mol. The lowest BCUT2D eigenvalue weighted by molar-refractivity contribution is 0.230. The Morgan fingerprint density at radius 1 is 1.41 bits per heavy atom. The molecule has 2 aromatic heterocycles. The molecule has 2 atom stereocenters. The van der Waals surface area contributed by atoms with Crippen LogP contribution in [0.25, 0.3) is 16.7 Å². The highest BCUT2D eigenvalue weighted by molar-refractivity contribution is 5.78. The van der Waals surface area contributed by atoms with Crippen LogP contribution in [0, 0.1) is 5.92 Å². The van der Waals surface area contributed by atoms with E-state index in [1.54, 1.807) is 6.20 Å². The van der Waals surface area contributed by atoms with Crippen molar-refractivity contribution in [2.75, 3.05) is 6.54 Å². The van der Waals surface area contributed by atoms with Crippen LogP contribution >= 0.6 is 0 Å². The van der Waals surface area contributed by atoms with E-state index in [1.807, 2.05) is 12.1 Å². The molecule has 17 heavy (non-hydrogen) atoms. The molecule has 1 N–H and O–H groups in total. The standard InChI is InChI=1S/C14H14N2O/c1-2-13-12(15-5-1)7-14(17-13)9-3-4-10-8-16-11(10)6-9/h1-3,5,7,10-11,16H,4,6,8H2/t10-,11-/m1/s1. The van der Waals surface area contributed by atoms with E-state index in [4.69, 9.17) is 4.42 Å². The van der Waals surface area contributed by atoms with Crippen LogP contribution in [0.2, 0.25) is 0 Å². The molecule has 1 aliphatic carbocycles. The molecule has 0 spiro atoms. The monoisotopic (exact) mass is 226 g/mol. The lowest BCUT2D eigenvalue weighted by Crippen LogP contribution is -2.53. The molecule has 0 bridgehead atoms. The molecule has 3 nitrogen and oxygen atoms in total. The van der Waals surface area contributed by atoms with E-state index in [1.165, 1.54) is 18.5 Å². The fourth-order valence-corrected chi connectivity index (χ4v) is 2.78. The minimum absolute atomic E-state index is 0.663. The summed E-state index contributed by atoms with van der Waals surface area (Å²) in [6, 6.07) is 6.60. The molecule has 2 aromatic rings. The van der Waals surface area contributed by atoms with Gasteiger partial charge in [-0.2, -0.15) is 0 Å². The largest absolute Gasteiger partial charge is 0.455 e. The molecule has 3 heteroatoms. The third-order valence-corrected chi connectivity index (χ3v) is 3.92. The van der Waals surface area contributed by atoms with Crippen LogP contribution in [-0.2, 0) is 0 Å². The Hall–Kier alpha value is -1.61. The molecule has 4 rings (SSSR count). The summed E-state index contributed by atoms with van der Waals surface area (Å²) < 4.78 is 5.86. The Kier molecular flexibility index (Phi) is 1.91. The summed E-state index contributed by atoms with van der Waals surface area (Å²) in [5.41, 5.74) is 3.16. The van der Waals surface area contributed by atoms with E-state index in [9.17, 15) is 0 Å². The number of aromatic nitrogens is 1. The van der Waals surface area contributed by atoms with E-state index in [-0.39, 0.29) is 0 Å². The highest BCUT2D eigenvalue weighted by Crippen LogP contribution is 2.35. The van der Waals surface area contributed by atoms with Crippen molar-refractivity contribution in [2.24, 2.45) is 5.92 Å². The predicted molar refractivity (Wildman–Crippen MR) is 66.5 cm³/mol. The molecule has 0 aromatic carbocycles. The Morgan fingerprint density at radius 3 is 3.18 bits per heavy atom. The number of allylic oxidation sites excluding steroid dienone is 1. The normalized spacial score (nSPS) is 27.4. The number of pyridine rings is 1. The number of nitrogens with zero attached hydrogens (tertiary/aromatic N) is 1. The van der Waals surface area contributed by atoms with Crippen LogP contribution in [-0.4, -0.2) is 17.6 Å². The molecule has 0 saturated carbocycles. The zero-order valence-electron chi connectivity index (χ0n) is 9.52. The summed E-state index contributed by atoms with van der Waals surface area (Å²) in [5, 5.41) is 3.48. The SMILES string of the molecule is C1=C(c2cc3ncccc3o2)C[C@H]2NC[C@H]2C1. The third kappa shape index (κ3) is 1.42. The van der Waals surface area contributed by atoms with E-state index in [0.29, 0.717) is 6.04 Å². The van der Waals surface area contributed by atoms with Crippen LogP contribution in [0.4, 0.5) is 0 Å². The first-order chi connectivity index (χ1) is 8.40. The van der Waals surface area contributed by atoms with Gasteiger partial charge in [0, 0.05) is 24.8 Å². The second-order valence-corrected chi connectivity index (χ2v) is 4.94. The highest BCUT2D eigenvalue weighted by atomic mass is 16.3. The van der Waals surface area contributed by atoms with E-state index < -0.39 is 0 Å². The van der Waals surface area contributed by atoms with Crippen LogP contribution in [0.1, 0.15) is 18.6 Å². The summed E-state index contributed by atoms with van der Waals surface area (Å²) in [6.07, 6.45) is 6.40. The van der Waals surface area contributed by atoms with Gasteiger partial charge in [0.1, 0.15) is 11.3 Å². The number of furan rings is 1. The van der Waals surface area contributed by atoms with E-state index >= 15 is 0 Å². The molecule has 3 heterocycles. The van der Waals surface area contributed by atoms with Crippen LogP contribution in [0.15, 0.2) is 34.9 Å². The average Bonchev–Trinajstić information content (AvgIpc) is 2.74. The van der Waals surface area contributed by atoms with Crippen molar-refractivity contribution in [3.05, 3.63) is 36.2 Å². The van der Waals surface area contributed by atoms with Crippen molar-refractivity contribution >= 4 is 16.7 Å². The molecule has 1 fully saturated rings. The Balaban J connectivity index is 1.74. The minimum atomic E-state index is 0.663. The highest BCUT2D eigenvalue weighted by Gasteiger charge is 2.33. The van der Waals surface area contributed by atoms with E-state index in [0.717, 1.165) is 29.2 Å². The maximum Gasteiger partial charge on any atom is 0.153 e. The van der Waals surface area contributed by atoms with Crippen molar-refractivity contribution in [1.82, 2.24) is 10.3 Å². The Morgan fingerprint density at radius 2 is 2.41 bits per heavy atom. The van der Waals surface area contributed by atoms with Gasteiger partial charge in [0.05, 0.1) is 0 Å². The maximum atomic E-state index is 5.86. The van der Waals surface area contributed by atoms with Gasteiger partial charge in [-0.15, -0.1) is 0 Å². The zero-order chi connectivity index (χ0) is 11.2. The summed E-state index contributed by atoms with van der Waals surface area (Å²) >= 11 is 0. The number of hydrogen-bond donors (Lipinski definition) is 1. The number of fused-ring (bicyclic) bond motifs is 2. The van der Waals surface area contributed by atoms with Crippen LogP contribution in [0.5, 0.6) is 0 Å². The van der Waals surface area contributed by atoms with Crippen molar-refractivity contribution < 1.29 is 4.42 Å². The predicted octanol–water partition coefficient (Wildman–Crippen LogP) is 2.59. The second kappa shape index (κ2) is 3.44. The van der Waals surface area contributed by atoms with Gasteiger partial charge in [0.15, 0.2) is 5.58 Å². The van der Waals surface area contributed by atoms with Crippen molar-refractivity contribution in [3.8, 4) is 0 Å². The van der Waals surface area contributed by atoms with Gasteiger partial charge in [-0.3, -0.25) is 4.98 Å². The maximum absolute atomic E-state index is 5.86. The zero-order valence-corrected chi connectivity index (χ0v) is 9.52. The molecule has 0 radical (unpaired) electrons. The number of rotatable bonds is 1. The Labute approximate surface area is 99.5 Å². The molecule has 1 aliphatic heterocycles. The summed E-state index contributed by atoms with van der Waals surface area (Å²) in [6.45, 7) is 1.18. The molecule has 86 valence electrons. The molecular formula is C14H14N2O. The molecular weight excluding hydrogens is 212 g/mol. The lowest BCUT2D eigenvalue weighted by Gasteiger charge is -2.41. The van der Waals surface area contributed by atoms with E-state index in [2.05, 4.69) is 22.4 Å². The quantitative estimate of drug-likeness (QED) is 0.812. The van der Waals surface area contributed by atoms with Gasteiger partial charge >= 0.3 is 0 Å². The third-order valence-electron chi connectivity index (χ3n) is 3.92. The van der Waals surface area contributed by atoms with Crippen molar-refractivity contribution in [1.29, 1.82) is 0 Å². The van der Waals surface area contributed by atoms with Crippen LogP contribution < -0.4 is 5.32 Å². The van der Waals surface area contributed by atoms with Gasteiger partial charge in [-0.05, 0) is 36.5 Å². The summed E-state index contributed by atoms with van der Waals surface area (Å²) in [4.78, 5) is 4.31. The number of nitrogens with one attached hydrogen (secondary N) is 1. The second-order valence-electron chi connectivity index (χ2n) is 4.94. The molecule has 0 unspecified atom stereocenters. The first-order valence-electron chi connectivity index (χ1n) is 6.17. The molecule has 2 aliphatic rings. The fraction of sp³-hybridized carbons (Fsp3) is 0.357. The van der Waals surface area contributed by atoms with Gasteiger partial charge in [0.25, 0.3) is 0 Å². The first-order valence-corrected chi connectivity index (χ1v) is 6.17. The fourth-order valence-electron chi connectivity index (χ4n) is 2.78. The summed E-state index contributed by atoms with van der Waals surface area (Å²) in [7, 11) is 0.